The van der Waals surface area contributed by atoms with Gasteiger partial charge in [-0.2, -0.15) is 0 Å². The van der Waals surface area contributed by atoms with Crippen molar-refractivity contribution < 1.29 is 9.59 Å². The number of aldehydes is 1. The van der Waals surface area contributed by atoms with Crippen LogP contribution in [0.5, 0.6) is 0 Å². The zero-order valence-electron chi connectivity index (χ0n) is 9.07. The van der Waals surface area contributed by atoms with Gasteiger partial charge in [0.25, 0.3) is 0 Å². The van der Waals surface area contributed by atoms with Crippen LogP contribution < -0.4 is 5.32 Å². The summed E-state index contributed by atoms with van der Waals surface area (Å²) in [6.07, 6.45) is 1.54. The van der Waals surface area contributed by atoms with E-state index in [4.69, 9.17) is 0 Å². The molecule has 1 unspecified atom stereocenters. The second-order valence-corrected chi connectivity index (χ2v) is 4.35. The molecule has 1 atom stereocenters. The van der Waals surface area contributed by atoms with Gasteiger partial charge in [-0.25, -0.2) is 0 Å². The summed E-state index contributed by atoms with van der Waals surface area (Å²) in [6.45, 7) is 0. The highest BCUT2D eigenvalue weighted by molar-refractivity contribution is 9.10. The standard InChI is InChI=1S/C12H14BrNO2/c1-14-12(16)8-9(6-7-15)10-4-2-3-5-11(10)13/h2-5,7,9H,6,8H2,1H3,(H,14,16). The van der Waals surface area contributed by atoms with Gasteiger partial charge in [0.1, 0.15) is 6.29 Å². The topological polar surface area (TPSA) is 46.2 Å². The number of carbonyl (C=O) groups is 2. The van der Waals surface area contributed by atoms with Gasteiger partial charge in [-0.1, -0.05) is 34.1 Å². The lowest BCUT2D eigenvalue weighted by atomic mass is 9.93. The van der Waals surface area contributed by atoms with Gasteiger partial charge in [0.05, 0.1) is 0 Å². The smallest absolute Gasteiger partial charge is 0.220 e. The van der Waals surface area contributed by atoms with Crippen LogP contribution in [0.1, 0.15) is 24.3 Å². The molecule has 1 amide bonds. The summed E-state index contributed by atoms with van der Waals surface area (Å²) in [7, 11) is 1.60. The van der Waals surface area contributed by atoms with Crippen LogP contribution in [0.15, 0.2) is 28.7 Å². The SMILES string of the molecule is CNC(=O)CC(CC=O)c1ccccc1Br. The third-order valence-electron chi connectivity index (χ3n) is 2.44. The summed E-state index contributed by atoms with van der Waals surface area (Å²) in [5.41, 5.74) is 0.998. The monoisotopic (exact) mass is 283 g/mol. The van der Waals surface area contributed by atoms with Crippen molar-refractivity contribution >= 4 is 28.1 Å². The summed E-state index contributed by atoms with van der Waals surface area (Å²) >= 11 is 3.43. The minimum absolute atomic E-state index is 0.0531. The largest absolute Gasteiger partial charge is 0.359 e. The maximum Gasteiger partial charge on any atom is 0.220 e. The molecule has 0 aliphatic carbocycles. The predicted octanol–water partition coefficient (Wildman–Crippen LogP) is 2.26. The van der Waals surface area contributed by atoms with Crippen LogP contribution >= 0.6 is 15.9 Å². The van der Waals surface area contributed by atoms with Crippen molar-refractivity contribution in [3.63, 3.8) is 0 Å². The highest BCUT2D eigenvalue weighted by atomic mass is 79.9. The lowest BCUT2D eigenvalue weighted by molar-refractivity contribution is -0.121. The molecule has 0 radical (unpaired) electrons. The third kappa shape index (κ3) is 3.45. The van der Waals surface area contributed by atoms with Gasteiger partial charge in [-0.3, -0.25) is 4.79 Å². The molecule has 1 N–H and O–H groups in total. The van der Waals surface area contributed by atoms with Gasteiger partial charge < -0.3 is 10.1 Å². The van der Waals surface area contributed by atoms with E-state index >= 15 is 0 Å². The number of halogens is 1. The number of rotatable bonds is 5. The van der Waals surface area contributed by atoms with Crippen molar-refractivity contribution in [2.75, 3.05) is 7.05 Å². The minimum Gasteiger partial charge on any atom is -0.359 e. The van der Waals surface area contributed by atoms with Crippen LogP contribution in [0.25, 0.3) is 0 Å². The van der Waals surface area contributed by atoms with Crippen molar-refractivity contribution in [3.05, 3.63) is 34.3 Å². The normalized spacial score (nSPS) is 11.9. The Labute approximate surface area is 103 Å². The lowest BCUT2D eigenvalue weighted by Gasteiger charge is -2.15. The average molecular weight is 284 g/mol. The zero-order chi connectivity index (χ0) is 12.0. The van der Waals surface area contributed by atoms with E-state index in [1.54, 1.807) is 7.05 Å². The van der Waals surface area contributed by atoms with E-state index in [1.165, 1.54) is 0 Å². The maximum atomic E-state index is 11.3. The maximum absolute atomic E-state index is 11.3. The van der Waals surface area contributed by atoms with Crippen molar-refractivity contribution in [3.8, 4) is 0 Å². The molecule has 86 valence electrons. The fraction of sp³-hybridized carbons (Fsp3) is 0.333. The number of nitrogens with one attached hydrogen (secondary N) is 1. The second kappa shape index (κ2) is 6.43. The first-order valence-corrected chi connectivity index (χ1v) is 5.87. The summed E-state index contributed by atoms with van der Waals surface area (Å²) < 4.78 is 0.936. The van der Waals surface area contributed by atoms with Crippen LogP contribution in [0.2, 0.25) is 0 Å². The van der Waals surface area contributed by atoms with E-state index in [0.717, 1.165) is 16.3 Å². The van der Waals surface area contributed by atoms with E-state index < -0.39 is 0 Å². The van der Waals surface area contributed by atoms with Crippen LogP contribution in [-0.4, -0.2) is 19.2 Å². The molecule has 3 nitrogen and oxygen atoms in total. The molecule has 0 bridgehead atoms. The summed E-state index contributed by atoms with van der Waals surface area (Å²) in [6, 6.07) is 7.66. The number of benzene rings is 1. The molecule has 0 heterocycles. The molecule has 0 aromatic heterocycles. The Balaban J connectivity index is 2.89. The summed E-state index contributed by atoms with van der Waals surface area (Å²) in [5, 5.41) is 2.57. The Hall–Kier alpha value is -1.16. The first-order chi connectivity index (χ1) is 7.69. The molecule has 0 saturated heterocycles. The van der Waals surface area contributed by atoms with Gasteiger partial charge in [-0.05, 0) is 11.6 Å². The molecule has 0 aliphatic heterocycles. The zero-order valence-corrected chi connectivity index (χ0v) is 10.7. The van der Waals surface area contributed by atoms with Gasteiger partial charge in [-0.15, -0.1) is 0 Å². The first kappa shape index (κ1) is 12.9. The highest BCUT2D eigenvalue weighted by Gasteiger charge is 2.16. The van der Waals surface area contributed by atoms with Crippen LogP contribution in [-0.2, 0) is 9.59 Å². The van der Waals surface area contributed by atoms with Crippen LogP contribution in [0.3, 0.4) is 0 Å². The molecule has 0 saturated carbocycles. The second-order valence-electron chi connectivity index (χ2n) is 3.50. The Morgan fingerprint density at radius 2 is 2.19 bits per heavy atom. The van der Waals surface area contributed by atoms with Gasteiger partial charge in [0.2, 0.25) is 5.91 Å². The molecule has 0 fully saturated rings. The van der Waals surface area contributed by atoms with E-state index in [9.17, 15) is 9.59 Å². The quantitative estimate of drug-likeness (QED) is 0.843. The van der Waals surface area contributed by atoms with Gasteiger partial charge >= 0.3 is 0 Å². The van der Waals surface area contributed by atoms with Crippen LogP contribution in [0, 0.1) is 0 Å². The summed E-state index contributed by atoms with van der Waals surface area (Å²) in [4.78, 5) is 22.0. The number of amides is 1. The van der Waals surface area contributed by atoms with E-state index in [0.29, 0.717) is 12.8 Å². The van der Waals surface area contributed by atoms with Gasteiger partial charge in [0, 0.05) is 30.3 Å². The minimum atomic E-state index is -0.0620. The fourth-order valence-electron chi connectivity index (χ4n) is 1.57. The van der Waals surface area contributed by atoms with Crippen molar-refractivity contribution in [1.82, 2.24) is 5.32 Å². The number of hydrogen-bond acceptors (Lipinski definition) is 2. The predicted molar refractivity (Wildman–Crippen MR) is 66.2 cm³/mol. The van der Waals surface area contributed by atoms with E-state index in [2.05, 4.69) is 21.2 Å². The number of carbonyl (C=O) groups excluding carboxylic acids is 2. The average Bonchev–Trinajstić information content (AvgIpc) is 2.29. The van der Waals surface area contributed by atoms with Crippen molar-refractivity contribution in [2.24, 2.45) is 0 Å². The highest BCUT2D eigenvalue weighted by Crippen LogP contribution is 2.29. The lowest BCUT2D eigenvalue weighted by Crippen LogP contribution is -2.20. The van der Waals surface area contributed by atoms with E-state index in [-0.39, 0.29) is 11.8 Å². The first-order valence-electron chi connectivity index (χ1n) is 5.07. The Kier molecular flexibility index (Phi) is 5.19. The fourth-order valence-corrected chi connectivity index (χ4v) is 2.18. The third-order valence-corrected chi connectivity index (χ3v) is 3.16. The molecule has 0 aliphatic rings. The molecular weight excluding hydrogens is 270 g/mol. The molecule has 16 heavy (non-hydrogen) atoms. The van der Waals surface area contributed by atoms with E-state index in [1.807, 2.05) is 24.3 Å². The molecule has 4 heteroatoms. The molecular formula is C12H14BrNO2. The Bertz CT molecular complexity index is 379. The molecule has 1 rings (SSSR count). The number of hydrogen-bond donors (Lipinski definition) is 1. The molecule has 0 spiro atoms. The molecule has 1 aromatic rings. The molecule has 1 aromatic carbocycles. The Morgan fingerprint density at radius 1 is 1.50 bits per heavy atom. The Morgan fingerprint density at radius 3 is 2.75 bits per heavy atom. The van der Waals surface area contributed by atoms with Crippen molar-refractivity contribution in [2.45, 2.75) is 18.8 Å². The van der Waals surface area contributed by atoms with Gasteiger partial charge in [0.15, 0.2) is 0 Å². The van der Waals surface area contributed by atoms with Crippen molar-refractivity contribution in [1.29, 1.82) is 0 Å². The van der Waals surface area contributed by atoms with Crippen LogP contribution in [0.4, 0.5) is 0 Å². The summed E-state index contributed by atoms with van der Waals surface area (Å²) in [5.74, 6) is -0.115.